The van der Waals surface area contributed by atoms with Gasteiger partial charge in [-0.2, -0.15) is 0 Å². The van der Waals surface area contributed by atoms with E-state index in [0.29, 0.717) is 0 Å². The molecular formula is O6Pb2Ru2. The third kappa shape index (κ3) is 130. The van der Waals surface area contributed by atoms with E-state index in [1.54, 1.807) is 0 Å². The van der Waals surface area contributed by atoms with Gasteiger partial charge in [-0.1, -0.05) is 0 Å². The summed E-state index contributed by atoms with van der Waals surface area (Å²) < 4.78 is 0. The smallest absolute Gasteiger partial charge is 2.00 e. The molecule has 6 nitrogen and oxygen atoms in total. The molecule has 0 rings (SSSR count). The third-order valence-electron chi connectivity index (χ3n) is 0. The molecule has 0 aromatic heterocycles. The average molecular weight is 713 g/mol. The van der Waals surface area contributed by atoms with Crippen molar-refractivity contribution in [3.05, 3.63) is 0 Å². The first-order valence-electron chi connectivity index (χ1n) is 0. The van der Waals surface area contributed by atoms with Crippen molar-refractivity contribution in [2.45, 2.75) is 0 Å². The second-order valence-electron chi connectivity index (χ2n) is 0. The van der Waals surface area contributed by atoms with Gasteiger partial charge in [0.15, 0.2) is 0 Å². The summed E-state index contributed by atoms with van der Waals surface area (Å²) in [5, 5.41) is 0. The van der Waals surface area contributed by atoms with Crippen LogP contribution in [0.4, 0.5) is 0 Å². The van der Waals surface area contributed by atoms with Gasteiger partial charge in [-0.15, -0.1) is 0 Å². The molecule has 0 aliphatic heterocycles. The Morgan fingerprint density at radius 2 is 0.300 bits per heavy atom. The molecule has 0 saturated carbocycles. The van der Waals surface area contributed by atoms with Gasteiger partial charge in [0.25, 0.3) is 0 Å². The fourth-order valence-electron chi connectivity index (χ4n) is 0. The Morgan fingerprint density at radius 3 is 0.300 bits per heavy atom. The van der Waals surface area contributed by atoms with E-state index in [0.717, 1.165) is 0 Å². The summed E-state index contributed by atoms with van der Waals surface area (Å²) in [6.45, 7) is 0. The summed E-state index contributed by atoms with van der Waals surface area (Å²) in [6.07, 6.45) is 0. The topological polar surface area (TPSA) is 171 Å². The Bertz CT molecular complexity index is 13.7. The first-order chi connectivity index (χ1) is 0. The zero-order valence-electron chi connectivity index (χ0n) is 4.16. The van der Waals surface area contributed by atoms with E-state index in [2.05, 4.69) is 0 Å². The van der Waals surface area contributed by atoms with Crippen LogP contribution < -0.4 is 0 Å². The zero-order chi connectivity index (χ0) is 0. The number of hydrogen-bond donors (Lipinski definition) is 0. The summed E-state index contributed by atoms with van der Waals surface area (Å²) in [6, 6.07) is 0. The largest absolute Gasteiger partial charge is 4.00 e. The van der Waals surface area contributed by atoms with Crippen molar-refractivity contribution in [3.63, 3.8) is 0 Å². The van der Waals surface area contributed by atoms with Gasteiger partial charge in [0.05, 0.1) is 0 Å². The molecule has 4 radical (unpaired) electrons. The monoisotopic (exact) mass is 716 g/mol. The predicted octanol–water partition coefficient (Wildman–Crippen LogP) is -1.48. The average Bonchev–Trinajstić information content (AvgIpc) is 0. The van der Waals surface area contributed by atoms with Crippen molar-refractivity contribution in [1.82, 2.24) is 0 Å². The van der Waals surface area contributed by atoms with Crippen LogP contribution in [0.5, 0.6) is 0 Å². The second kappa shape index (κ2) is 172. The maximum absolute atomic E-state index is 0. The molecule has 0 heterocycles. The minimum Gasteiger partial charge on any atom is -2.00 e. The summed E-state index contributed by atoms with van der Waals surface area (Å²) in [5.41, 5.74) is 0. The number of hydrogen-bond acceptors (Lipinski definition) is 0. The molecule has 0 fully saturated rings. The van der Waals surface area contributed by atoms with Gasteiger partial charge in [0.2, 0.25) is 0 Å². The molecule has 60 valence electrons. The van der Waals surface area contributed by atoms with E-state index in [-0.39, 0.29) is 126 Å². The van der Waals surface area contributed by atoms with Crippen molar-refractivity contribution in [2.24, 2.45) is 0 Å². The third-order valence-corrected chi connectivity index (χ3v) is 0. The SMILES string of the molecule is [O-2].[O-2].[O-2].[O-2].[O-2].[O-2].[Pb+2].[Pb+2].[Ru+4].[Ru+4]. The molecule has 0 amide bonds. The molecule has 0 unspecified atom stereocenters. The normalized spacial score (nSPS) is 0. The van der Waals surface area contributed by atoms with E-state index in [9.17, 15) is 0 Å². The molecule has 0 atom stereocenters. The molecule has 0 aromatic carbocycles. The Kier molecular flexibility index (Phi) is 3810. The molecule has 0 aromatic rings. The number of rotatable bonds is 0. The molecule has 0 N–H and O–H groups in total. The Hall–Kier alpha value is 2.85. The van der Waals surface area contributed by atoms with Gasteiger partial charge < -0.3 is 32.9 Å². The van der Waals surface area contributed by atoms with E-state index < -0.39 is 0 Å². The summed E-state index contributed by atoms with van der Waals surface area (Å²) in [7, 11) is 0. The first-order valence-corrected chi connectivity index (χ1v) is 0. The van der Waals surface area contributed by atoms with Crippen LogP contribution in [0, 0.1) is 0 Å². The van der Waals surface area contributed by atoms with Crippen molar-refractivity contribution >= 4 is 54.6 Å². The molecule has 10 heavy (non-hydrogen) atoms. The summed E-state index contributed by atoms with van der Waals surface area (Å²) in [4.78, 5) is 0. The van der Waals surface area contributed by atoms with Gasteiger partial charge in [-0.25, -0.2) is 0 Å². The zero-order valence-corrected chi connectivity index (χ0v) is 15.4. The van der Waals surface area contributed by atoms with Crippen LogP contribution in [-0.4, -0.2) is 54.6 Å². The van der Waals surface area contributed by atoms with E-state index >= 15 is 0 Å². The Morgan fingerprint density at radius 1 is 0.300 bits per heavy atom. The molecule has 10 heteroatoms. The summed E-state index contributed by atoms with van der Waals surface area (Å²) >= 11 is 0. The first kappa shape index (κ1) is 222. The van der Waals surface area contributed by atoms with Crippen molar-refractivity contribution in [2.75, 3.05) is 0 Å². The maximum atomic E-state index is 0. The molecule has 0 bridgehead atoms. The van der Waals surface area contributed by atoms with Crippen LogP contribution >= 0.6 is 0 Å². The van der Waals surface area contributed by atoms with Crippen LogP contribution in [0.3, 0.4) is 0 Å². The van der Waals surface area contributed by atoms with Crippen molar-refractivity contribution < 1.29 is 71.8 Å². The van der Waals surface area contributed by atoms with Crippen LogP contribution in [0.1, 0.15) is 0 Å². The molecule has 0 spiro atoms. The quantitative estimate of drug-likeness (QED) is 0.267. The predicted molar refractivity (Wildman–Crippen MR) is 15.6 cm³/mol. The Balaban J connectivity index is 0. The van der Waals surface area contributed by atoms with Crippen LogP contribution in [0.15, 0.2) is 0 Å². The Labute approximate surface area is 125 Å². The van der Waals surface area contributed by atoms with E-state index in [1.165, 1.54) is 0 Å². The maximum Gasteiger partial charge on any atom is 4.00 e. The molecule has 0 aliphatic rings. The fraction of sp³-hybridized carbons (Fsp3) is 0. The van der Waals surface area contributed by atoms with E-state index in [4.69, 9.17) is 0 Å². The van der Waals surface area contributed by atoms with E-state index in [1.807, 2.05) is 0 Å². The minimum atomic E-state index is 0. The molecular weight excluding hydrogens is 713 g/mol. The van der Waals surface area contributed by atoms with Crippen molar-refractivity contribution in [3.8, 4) is 0 Å². The molecule has 0 aliphatic carbocycles. The molecule has 0 saturated heterocycles. The summed E-state index contributed by atoms with van der Waals surface area (Å²) in [5.74, 6) is 0. The van der Waals surface area contributed by atoms with Gasteiger partial charge in [-0.3, -0.25) is 0 Å². The van der Waals surface area contributed by atoms with Crippen LogP contribution in [-0.2, 0) is 71.8 Å². The standard InChI is InChI=1S/6O.2Pb.2Ru/q6*-2;2*+2;2*+4. The minimum absolute atomic E-state index is 0. The van der Waals surface area contributed by atoms with Gasteiger partial charge >= 0.3 is 93.6 Å². The van der Waals surface area contributed by atoms with Crippen molar-refractivity contribution in [1.29, 1.82) is 0 Å². The second-order valence-corrected chi connectivity index (χ2v) is 0. The van der Waals surface area contributed by atoms with Gasteiger partial charge in [0.1, 0.15) is 0 Å². The van der Waals surface area contributed by atoms with Crippen LogP contribution in [0.25, 0.3) is 0 Å². The van der Waals surface area contributed by atoms with Gasteiger partial charge in [0, 0.05) is 0 Å². The van der Waals surface area contributed by atoms with Gasteiger partial charge in [-0.05, 0) is 0 Å². The van der Waals surface area contributed by atoms with Crippen LogP contribution in [0.2, 0.25) is 0 Å². The fourth-order valence-corrected chi connectivity index (χ4v) is 0.